The van der Waals surface area contributed by atoms with Crippen LogP contribution >= 0.6 is 0 Å². The summed E-state index contributed by atoms with van der Waals surface area (Å²) in [7, 11) is 0. The number of fused-ring (bicyclic) bond motifs is 3. The van der Waals surface area contributed by atoms with Crippen molar-refractivity contribution in [1.82, 2.24) is 0 Å². The zero-order valence-electron chi connectivity index (χ0n) is 12.8. The van der Waals surface area contributed by atoms with Crippen LogP contribution in [0.25, 0.3) is 23.0 Å². The van der Waals surface area contributed by atoms with E-state index in [4.69, 9.17) is 0 Å². The van der Waals surface area contributed by atoms with Crippen molar-refractivity contribution >= 4 is 11.8 Å². The highest BCUT2D eigenvalue weighted by Crippen LogP contribution is 2.35. The second-order valence-corrected chi connectivity index (χ2v) is 5.67. The average molecular weight is 264 g/mol. The summed E-state index contributed by atoms with van der Waals surface area (Å²) in [6, 6.07) is 6.15. The molecule has 1 aliphatic carbocycles. The molecule has 1 nitrogen and oxygen atoms in total. The molecule has 0 aliphatic heterocycles. The highest BCUT2D eigenvalue weighted by molar-refractivity contribution is 5.90. The Morgan fingerprint density at radius 2 is 1.60 bits per heavy atom. The summed E-state index contributed by atoms with van der Waals surface area (Å²) in [5.74, 6) is 0.429. The van der Waals surface area contributed by atoms with E-state index in [1.54, 1.807) is 0 Å². The van der Waals surface area contributed by atoms with Crippen molar-refractivity contribution in [1.29, 1.82) is 0 Å². The molecule has 0 saturated carbocycles. The Bertz CT molecular complexity index is 855. The van der Waals surface area contributed by atoms with E-state index in [1.165, 1.54) is 33.4 Å². The van der Waals surface area contributed by atoms with Crippen LogP contribution in [0.1, 0.15) is 34.7 Å². The Balaban J connectivity index is 2.68. The normalized spacial score (nSPS) is 13.7. The number of aryl methyl sites for hydroxylation is 1. The Morgan fingerprint density at radius 1 is 0.900 bits per heavy atom. The molecule has 1 N–H and O–H groups in total. The lowest BCUT2D eigenvalue weighted by molar-refractivity contribution is 0.509. The molecule has 2 aromatic rings. The molecule has 0 spiro atoms. The molecule has 0 bridgehead atoms. The predicted octanol–water partition coefficient (Wildman–Crippen LogP) is 3.42. The van der Waals surface area contributed by atoms with Crippen molar-refractivity contribution in [3.05, 3.63) is 56.5 Å². The van der Waals surface area contributed by atoms with E-state index in [9.17, 15) is 5.11 Å². The molecule has 3 rings (SSSR count). The lowest BCUT2D eigenvalue weighted by Gasteiger charge is -2.13. The first-order chi connectivity index (χ1) is 9.49. The van der Waals surface area contributed by atoms with Crippen LogP contribution in [0.15, 0.2) is 18.2 Å². The minimum Gasteiger partial charge on any atom is -0.507 e. The first-order valence-corrected chi connectivity index (χ1v) is 7.08. The highest BCUT2D eigenvalue weighted by Gasteiger charge is 2.24. The Morgan fingerprint density at radius 3 is 2.25 bits per heavy atom. The van der Waals surface area contributed by atoms with Gasteiger partial charge in [0.1, 0.15) is 5.76 Å². The number of aliphatic hydroxyl groups excluding tert-OH is 1. The molecule has 1 heteroatoms. The van der Waals surface area contributed by atoms with Crippen molar-refractivity contribution < 1.29 is 5.11 Å². The first kappa shape index (κ1) is 13.0. The van der Waals surface area contributed by atoms with Crippen molar-refractivity contribution in [2.24, 2.45) is 0 Å². The van der Waals surface area contributed by atoms with Gasteiger partial charge in [-0.25, -0.2) is 0 Å². The Hall–Kier alpha value is -2.02. The number of hydrogen-bond acceptors (Lipinski definition) is 1. The van der Waals surface area contributed by atoms with Crippen LogP contribution in [0.2, 0.25) is 0 Å². The highest BCUT2D eigenvalue weighted by atomic mass is 16.3. The molecule has 0 amide bonds. The van der Waals surface area contributed by atoms with E-state index >= 15 is 0 Å². The number of rotatable bonds is 0. The molecule has 1 aliphatic rings. The fraction of sp³-hybridized carbons (Fsp3) is 0.263. The summed E-state index contributed by atoms with van der Waals surface area (Å²) in [4.78, 5) is 0. The third kappa shape index (κ3) is 1.44. The third-order valence-electron chi connectivity index (χ3n) is 4.73. The van der Waals surface area contributed by atoms with E-state index in [0.717, 1.165) is 16.0 Å². The molecule has 0 fully saturated rings. The van der Waals surface area contributed by atoms with E-state index in [2.05, 4.69) is 39.8 Å². The van der Waals surface area contributed by atoms with Crippen LogP contribution in [-0.2, 0) is 0 Å². The molecule has 0 radical (unpaired) electrons. The fourth-order valence-electron chi connectivity index (χ4n) is 3.43. The van der Waals surface area contributed by atoms with Gasteiger partial charge in [-0.15, -0.1) is 0 Å². The van der Waals surface area contributed by atoms with Crippen LogP contribution in [0.5, 0.6) is 0 Å². The third-order valence-corrected chi connectivity index (χ3v) is 4.73. The lowest BCUT2D eigenvalue weighted by Crippen LogP contribution is -2.31. The summed E-state index contributed by atoms with van der Waals surface area (Å²) in [5, 5.41) is 12.9. The van der Waals surface area contributed by atoms with Crippen LogP contribution in [0.3, 0.4) is 0 Å². The number of benzene rings is 2. The summed E-state index contributed by atoms with van der Waals surface area (Å²) < 4.78 is 0. The number of aliphatic hydroxyl groups is 1. The standard InChI is InChI=1S/C19H20O/c1-6-14-12(4)11(3)13(5)17-16-10(2)8-7-9-15(16)19(20)18(14)17/h6-9,20H,1-5H3. The molecule has 102 valence electrons. The predicted molar refractivity (Wildman–Crippen MR) is 85.4 cm³/mol. The van der Waals surface area contributed by atoms with Gasteiger partial charge in [0, 0.05) is 10.8 Å². The van der Waals surface area contributed by atoms with Crippen molar-refractivity contribution in [2.75, 3.05) is 0 Å². The van der Waals surface area contributed by atoms with E-state index in [0.29, 0.717) is 5.76 Å². The van der Waals surface area contributed by atoms with Gasteiger partial charge in [-0.3, -0.25) is 0 Å². The maximum Gasteiger partial charge on any atom is 0.131 e. The monoisotopic (exact) mass is 264 g/mol. The lowest BCUT2D eigenvalue weighted by atomic mass is 9.90. The summed E-state index contributed by atoms with van der Waals surface area (Å²) >= 11 is 0. The molecule has 0 atom stereocenters. The van der Waals surface area contributed by atoms with Crippen LogP contribution in [0.4, 0.5) is 0 Å². The zero-order chi connectivity index (χ0) is 14.6. The quantitative estimate of drug-likeness (QED) is 0.773. The van der Waals surface area contributed by atoms with Gasteiger partial charge in [-0.2, -0.15) is 0 Å². The smallest absolute Gasteiger partial charge is 0.131 e. The largest absolute Gasteiger partial charge is 0.507 e. The summed E-state index contributed by atoms with van der Waals surface area (Å²) in [5.41, 5.74) is 8.47. The SMILES string of the molecule is CC=c1c(C)c(C)c(C)c2c1=C(O)c1cccc(C)c1-2. The molecule has 20 heavy (non-hydrogen) atoms. The van der Waals surface area contributed by atoms with E-state index in [1.807, 2.05) is 19.1 Å². The molecule has 2 aromatic carbocycles. The summed E-state index contributed by atoms with van der Waals surface area (Å²) in [6.45, 7) is 10.6. The number of hydrogen-bond donors (Lipinski definition) is 1. The zero-order valence-corrected chi connectivity index (χ0v) is 12.8. The van der Waals surface area contributed by atoms with Crippen molar-refractivity contribution in [2.45, 2.75) is 34.6 Å². The minimum atomic E-state index is 0.429. The maximum atomic E-state index is 10.7. The van der Waals surface area contributed by atoms with Gasteiger partial charge in [0.2, 0.25) is 0 Å². The maximum absolute atomic E-state index is 10.7. The van der Waals surface area contributed by atoms with E-state index in [-0.39, 0.29) is 0 Å². The molecular weight excluding hydrogens is 244 g/mol. The average Bonchev–Trinajstić information content (AvgIpc) is 2.73. The topological polar surface area (TPSA) is 20.2 Å². The minimum absolute atomic E-state index is 0.429. The van der Waals surface area contributed by atoms with Crippen LogP contribution in [0, 0.1) is 27.7 Å². The van der Waals surface area contributed by atoms with Crippen LogP contribution in [-0.4, -0.2) is 5.11 Å². The fourth-order valence-corrected chi connectivity index (χ4v) is 3.43. The molecule has 0 aromatic heterocycles. The second-order valence-electron chi connectivity index (χ2n) is 5.67. The van der Waals surface area contributed by atoms with Gasteiger partial charge in [0.05, 0.1) is 0 Å². The molecule has 0 unspecified atom stereocenters. The Labute approximate surface area is 119 Å². The molecule has 0 heterocycles. The van der Waals surface area contributed by atoms with Gasteiger partial charge in [0.25, 0.3) is 0 Å². The van der Waals surface area contributed by atoms with Gasteiger partial charge >= 0.3 is 0 Å². The van der Waals surface area contributed by atoms with Gasteiger partial charge < -0.3 is 5.11 Å². The van der Waals surface area contributed by atoms with Crippen molar-refractivity contribution in [3.8, 4) is 11.1 Å². The van der Waals surface area contributed by atoms with Gasteiger partial charge in [-0.05, 0) is 73.2 Å². The van der Waals surface area contributed by atoms with Gasteiger partial charge in [0.15, 0.2) is 0 Å². The second kappa shape index (κ2) is 4.24. The summed E-state index contributed by atoms with van der Waals surface area (Å²) in [6.07, 6.45) is 2.11. The molecular formula is C19H20O. The Kier molecular flexibility index (Phi) is 2.75. The van der Waals surface area contributed by atoms with Crippen molar-refractivity contribution in [3.63, 3.8) is 0 Å². The molecule has 0 saturated heterocycles. The van der Waals surface area contributed by atoms with Crippen LogP contribution < -0.4 is 10.4 Å². The van der Waals surface area contributed by atoms with Gasteiger partial charge in [-0.1, -0.05) is 24.3 Å². The van der Waals surface area contributed by atoms with E-state index < -0.39 is 0 Å². The first-order valence-electron chi connectivity index (χ1n) is 7.08.